The maximum absolute atomic E-state index is 13.4. The van der Waals surface area contributed by atoms with Gasteiger partial charge in [-0.2, -0.15) is 0 Å². The van der Waals surface area contributed by atoms with Crippen LogP contribution in [0.15, 0.2) is 60.7 Å². The van der Waals surface area contributed by atoms with E-state index in [9.17, 15) is 18.0 Å². The van der Waals surface area contributed by atoms with Crippen molar-refractivity contribution in [1.82, 2.24) is 15.1 Å². The van der Waals surface area contributed by atoms with Gasteiger partial charge in [-0.25, -0.2) is 8.42 Å². The maximum atomic E-state index is 13.4. The van der Waals surface area contributed by atoms with Crippen LogP contribution < -0.4 is 10.6 Å². The van der Waals surface area contributed by atoms with E-state index in [-0.39, 0.29) is 29.4 Å². The molecule has 2 amide bonds. The number of anilines is 1. The maximum Gasteiger partial charge on any atom is 0.242 e. The summed E-state index contributed by atoms with van der Waals surface area (Å²) in [5.41, 5.74) is 1.65. The van der Waals surface area contributed by atoms with Gasteiger partial charge in [0.2, 0.25) is 11.8 Å². The van der Waals surface area contributed by atoms with E-state index < -0.39 is 15.9 Å². The topological polar surface area (TPSA) is 98.8 Å². The lowest BCUT2D eigenvalue weighted by Gasteiger charge is -2.36. The van der Waals surface area contributed by atoms with Gasteiger partial charge in [0.05, 0.1) is 18.1 Å². The molecule has 2 heterocycles. The highest BCUT2D eigenvalue weighted by Crippen LogP contribution is 2.24. The second kappa shape index (κ2) is 11.1. The molecule has 2 saturated heterocycles. The van der Waals surface area contributed by atoms with Crippen molar-refractivity contribution in [3.05, 3.63) is 66.2 Å². The number of benzene rings is 2. The van der Waals surface area contributed by atoms with Crippen molar-refractivity contribution in [2.75, 3.05) is 49.5 Å². The van der Waals surface area contributed by atoms with Crippen LogP contribution in [-0.4, -0.2) is 80.3 Å². The summed E-state index contributed by atoms with van der Waals surface area (Å²) in [5, 5.41) is 6.10. The van der Waals surface area contributed by atoms with Crippen molar-refractivity contribution < 1.29 is 18.0 Å². The third-order valence-electron chi connectivity index (χ3n) is 6.47. The van der Waals surface area contributed by atoms with Gasteiger partial charge >= 0.3 is 0 Å². The normalized spacial score (nSPS) is 20.4. The Morgan fingerprint density at radius 1 is 0.882 bits per heavy atom. The van der Waals surface area contributed by atoms with E-state index in [1.807, 2.05) is 65.6 Å². The number of carbonyl (C=O) groups is 2. The highest BCUT2D eigenvalue weighted by atomic mass is 32.2. The number of para-hydroxylation sites is 1. The van der Waals surface area contributed by atoms with Crippen LogP contribution in [-0.2, 0) is 19.4 Å². The third-order valence-corrected chi connectivity index (χ3v) is 8.08. The predicted octanol–water partition coefficient (Wildman–Crippen LogP) is 1.68. The Hall–Kier alpha value is -2.75. The lowest BCUT2D eigenvalue weighted by Crippen LogP contribution is -2.51. The third kappa shape index (κ3) is 6.65. The van der Waals surface area contributed by atoms with Crippen LogP contribution in [0, 0.1) is 0 Å². The zero-order valence-corrected chi connectivity index (χ0v) is 20.0. The molecule has 0 aromatic heterocycles. The van der Waals surface area contributed by atoms with Crippen molar-refractivity contribution in [3.8, 4) is 0 Å². The summed E-state index contributed by atoms with van der Waals surface area (Å²) in [5.74, 6) is 0.0174. The molecule has 0 bridgehead atoms. The largest absolute Gasteiger partial charge is 0.352 e. The average Bonchev–Trinajstić information content (AvgIpc) is 2.83. The fourth-order valence-electron chi connectivity index (χ4n) is 4.59. The number of sulfone groups is 1. The number of piperidine rings is 1. The van der Waals surface area contributed by atoms with E-state index in [2.05, 4.69) is 15.5 Å². The fourth-order valence-corrected chi connectivity index (χ4v) is 5.82. The predicted molar refractivity (Wildman–Crippen MR) is 132 cm³/mol. The number of rotatable bonds is 7. The molecule has 2 fully saturated rings. The molecule has 2 aromatic carbocycles. The molecule has 2 aliphatic heterocycles. The minimum absolute atomic E-state index is 0.0284. The number of nitrogens with zero attached hydrogens (tertiary/aromatic N) is 2. The summed E-state index contributed by atoms with van der Waals surface area (Å²) >= 11 is 0. The van der Waals surface area contributed by atoms with Gasteiger partial charge in [-0.3, -0.25) is 19.4 Å². The second-order valence-corrected chi connectivity index (χ2v) is 11.3. The summed E-state index contributed by atoms with van der Waals surface area (Å²) in [4.78, 5) is 29.8. The highest BCUT2D eigenvalue weighted by molar-refractivity contribution is 7.91. The molecule has 2 N–H and O–H groups in total. The summed E-state index contributed by atoms with van der Waals surface area (Å²) in [6.45, 7) is 2.48. The SMILES string of the molecule is O=C(CN1CCC(NC(=O)C(c2ccccc2)N2CCS(=O)(=O)CC2)CC1)Nc1ccccc1. The smallest absolute Gasteiger partial charge is 0.242 e. The number of amides is 2. The minimum Gasteiger partial charge on any atom is -0.352 e. The molecule has 1 unspecified atom stereocenters. The summed E-state index contributed by atoms with van der Waals surface area (Å²) in [7, 11) is -3.03. The van der Waals surface area contributed by atoms with E-state index in [1.54, 1.807) is 0 Å². The Labute approximate surface area is 201 Å². The molecule has 0 spiro atoms. The molecular weight excluding hydrogens is 452 g/mol. The van der Waals surface area contributed by atoms with Crippen LogP contribution >= 0.6 is 0 Å². The van der Waals surface area contributed by atoms with Crippen molar-refractivity contribution in [1.29, 1.82) is 0 Å². The quantitative estimate of drug-likeness (QED) is 0.621. The molecule has 0 saturated carbocycles. The van der Waals surface area contributed by atoms with E-state index >= 15 is 0 Å². The van der Waals surface area contributed by atoms with Crippen LogP contribution in [0.2, 0.25) is 0 Å². The lowest BCUT2D eigenvalue weighted by molar-refractivity contribution is -0.128. The van der Waals surface area contributed by atoms with Gasteiger partial charge in [0.15, 0.2) is 9.84 Å². The van der Waals surface area contributed by atoms with Gasteiger partial charge in [0.1, 0.15) is 6.04 Å². The minimum atomic E-state index is -3.03. The second-order valence-electron chi connectivity index (χ2n) is 8.97. The number of likely N-dealkylation sites (tertiary alicyclic amines) is 1. The molecule has 1 atom stereocenters. The molecule has 0 aliphatic carbocycles. The van der Waals surface area contributed by atoms with Crippen LogP contribution in [0.4, 0.5) is 5.69 Å². The fraction of sp³-hybridized carbons (Fsp3) is 0.440. The molecule has 8 nitrogen and oxygen atoms in total. The molecule has 4 rings (SSSR count). The van der Waals surface area contributed by atoms with Crippen molar-refractivity contribution in [2.24, 2.45) is 0 Å². The van der Waals surface area contributed by atoms with E-state index in [0.29, 0.717) is 19.6 Å². The van der Waals surface area contributed by atoms with Gasteiger partial charge in [-0.15, -0.1) is 0 Å². The molecule has 2 aromatic rings. The first-order valence-electron chi connectivity index (χ1n) is 11.8. The van der Waals surface area contributed by atoms with E-state index in [4.69, 9.17) is 0 Å². The Morgan fingerprint density at radius 2 is 1.47 bits per heavy atom. The first kappa shape index (κ1) is 24.4. The monoisotopic (exact) mass is 484 g/mol. The number of carbonyl (C=O) groups excluding carboxylic acids is 2. The Balaban J connectivity index is 1.31. The first-order chi connectivity index (χ1) is 16.4. The Kier molecular flexibility index (Phi) is 7.97. The molecule has 2 aliphatic rings. The molecule has 34 heavy (non-hydrogen) atoms. The molecule has 0 radical (unpaired) electrons. The number of hydrogen-bond donors (Lipinski definition) is 2. The van der Waals surface area contributed by atoms with Crippen LogP contribution in [0.3, 0.4) is 0 Å². The van der Waals surface area contributed by atoms with Gasteiger partial charge in [0, 0.05) is 37.9 Å². The van der Waals surface area contributed by atoms with Crippen LogP contribution in [0.1, 0.15) is 24.4 Å². The first-order valence-corrected chi connectivity index (χ1v) is 13.6. The number of hydrogen-bond acceptors (Lipinski definition) is 6. The summed E-state index contributed by atoms with van der Waals surface area (Å²) < 4.78 is 23.8. The van der Waals surface area contributed by atoms with Gasteiger partial charge < -0.3 is 10.6 Å². The molecule has 182 valence electrons. The van der Waals surface area contributed by atoms with Crippen LogP contribution in [0.5, 0.6) is 0 Å². The lowest BCUT2D eigenvalue weighted by atomic mass is 10.0. The average molecular weight is 485 g/mol. The molecular formula is C25H32N4O4S. The van der Waals surface area contributed by atoms with Gasteiger partial charge in [-0.1, -0.05) is 48.5 Å². The Bertz CT molecular complexity index is 1060. The zero-order valence-electron chi connectivity index (χ0n) is 19.2. The van der Waals surface area contributed by atoms with Crippen LogP contribution in [0.25, 0.3) is 0 Å². The van der Waals surface area contributed by atoms with E-state index in [0.717, 1.165) is 37.2 Å². The van der Waals surface area contributed by atoms with Gasteiger partial charge in [0.25, 0.3) is 0 Å². The zero-order chi connectivity index (χ0) is 24.0. The van der Waals surface area contributed by atoms with Gasteiger partial charge in [-0.05, 0) is 30.5 Å². The van der Waals surface area contributed by atoms with E-state index in [1.165, 1.54) is 0 Å². The molecule has 9 heteroatoms. The Morgan fingerprint density at radius 3 is 2.09 bits per heavy atom. The summed E-state index contributed by atoms with van der Waals surface area (Å²) in [6.07, 6.45) is 1.53. The van der Waals surface area contributed by atoms with Crippen molar-refractivity contribution in [3.63, 3.8) is 0 Å². The number of nitrogens with one attached hydrogen (secondary N) is 2. The van der Waals surface area contributed by atoms with Crippen molar-refractivity contribution >= 4 is 27.3 Å². The van der Waals surface area contributed by atoms with Crippen molar-refractivity contribution in [2.45, 2.75) is 24.9 Å². The summed E-state index contributed by atoms with van der Waals surface area (Å²) in [6, 6.07) is 18.5. The highest BCUT2D eigenvalue weighted by Gasteiger charge is 2.34. The standard InChI is InChI=1S/C25H32N4O4S/c30-23(26-21-9-5-2-6-10-21)19-28-13-11-22(12-14-28)27-25(31)24(20-7-3-1-4-8-20)29-15-17-34(32,33)18-16-29/h1-10,22,24H,11-19H2,(H,26,30)(H,27,31).